The molecule has 3 rings (SSSR count). The van der Waals surface area contributed by atoms with Gasteiger partial charge in [0.1, 0.15) is 5.75 Å². The van der Waals surface area contributed by atoms with Crippen molar-refractivity contribution in [1.29, 1.82) is 0 Å². The van der Waals surface area contributed by atoms with Crippen molar-refractivity contribution in [3.05, 3.63) is 46.7 Å². The topological polar surface area (TPSA) is 52.1 Å². The first-order chi connectivity index (χ1) is 13.8. The van der Waals surface area contributed by atoms with Gasteiger partial charge < -0.3 is 20.3 Å². The lowest BCUT2D eigenvalue weighted by Crippen LogP contribution is -2.47. The first-order valence-corrected chi connectivity index (χ1v) is 10.7. The fraction of sp³-hybridized carbons (Fsp3) is 0.476. The van der Waals surface area contributed by atoms with Gasteiger partial charge in [0.05, 0.1) is 13.7 Å². The second kappa shape index (κ2) is 10.9. The molecule has 0 aliphatic carbocycles. The van der Waals surface area contributed by atoms with E-state index in [1.807, 2.05) is 19.2 Å². The first kappa shape index (κ1) is 20.5. The third-order valence-electron chi connectivity index (χ3n) is 4.99. The lowest BCUT2D eigenvalue weighted by molar-refractivity contribution is 0.255. The number of piperazine rings is 1. The van der Waals surface area contributed by atoms with Crippen LogP contribution in [0.3, 0.4) is 0 Å². The van der Waals surface area contributed by atoms with Crippen LogP contribution in [0, 0.1) is 0 Å². The second-order valence-electron chi connectivity index (χ2n) is 6.81. The van der Waals surface area contributed by atoms with E-state index < -0.39 is 0 Å². The van der Waals surface area contributed by atoms with Gasteiger partial charge in [-0.2, -0.15) is 0 Å². The van der Waals surface area contributed by atoms with Crippen LogP contribution in [0.2, 0.25) is 0 Å². The summed E-state index contributed by atoms with van der Waals surface area (Å²) in [5.74, 6) is 1.78. The van der Waals surface area contributed by atoms with E-state index in [9.17, 15) is 0 Å². The van der Waals surface area contributed by atoms with Crippen molar-refractivity contribution in [3.63, 3.8) is 0 Å². The van der Waals surface area contributed by atoms with Gasteiger partial charge in [-0.25, -0.2) is 0 Å². The summed E-state index contributed by atoms with van der Waals surface area (Å²) in [6.07, 6.45) is 1.11. The van der Waals surface area contributed by atoms with Crippen molar-refractivity contribution < 1.29 is 4.74 Å². The quantitative estimate of drug-likeness (QED) is 0.405. The maximum absolute atomic E-state index is 5.24. The van der Waals surface area contributed by atoms with Crippen LogP contribution in [0.25, 0.3) is 0 Å². The fourth-order valence-electron chi connectivity index (χ4n) is 3.34. The number of nitrogens with one attached hydrogen (secondary N) is 2. The lowest BCUT2D eigenvalue weighted by Gasteiger charge is -2.36. The maximum atomic E-state index is 5.24. The predicted octanol–water partition coefficient (Wildman–Crippen LogP) is 2.63. The van der Waals surface area contributed by atoms with Gasteiger partial charge >= 0.3 is 0 Å². The number of hydrogen-bond acceptors (Lipinski definition) is 5. The van der Waals surface area contributed by atoms with E-state index >= 15 is 0 Å². The van der Waals surface area contributed by atoms with Gasteiger partial charge in [-0.3, -0.25) is 9.89 Å². The predicted molar refractivity (Wildman–Crippen MR) is 119 cm³/mol. The Balaban J connectivity index is 1.30. The number of ether oxygens (including phenoxy) is 1. The molecule has 0 spiro atoms. The van der Waals surface area contributed by atoms with Gasteiger partial charge in [0.25, 0.3) is 0 Å². The third kappa shape index (κ3) is 6.14. The molecule has 1 saturated heterocycles. The van der Waals surface area contributed by atoms with Crippen molar-refractivity contribution in [1.82, 2.24) is 15.5 Å². The number of benzene rings is 1. The van der Waals surface area contributed by atoms with Crippen LogP contribution < -0.4 is 20.3 Å². The molecule has 0 atom stereocenters. The van der Waals surface area contributed by atoms with Gasteiger partial charge in [-0.15, -0.1) is 11.3 Å². The maximum Gasteiger partial charge on any atom is 0.191 e. The SMILES string of the molecule is CN=C(NCCCN1CCN(c2ccc(OC)cc2)CC1)NCc1cccs1. The van der Waals surface area contributed by atoms with Crippen LogP contribution in [0.4, 0.5) is 5.69 Å². The molecule has 7 heteroatoms. The van der Waals surface area contributed by atoms with Crippen molar-refractivity contribution >= 4 is 23.0 Å². The van der Waals surface area contributed by atoms with E-state index in [1.54, 1.807) is 18.4 Å². The number of thiophene rings is 1. The molecule has 6 nitrogen and oxygen atoms in total. The van der Waals surface area contributed by atoms with Gasteiger partial charge in [-0.05, 0) is 48.7 Å². The molecule has 1 aliphatic rings. The zero-order chi connectivity index (χ0) is 19.6. The molecule has 1 aromatic heterocycles. The molecule has 2 heterocycles. The summed E-state index contributed by atoms with van der Waals surface area (Å²) >= 11 is 1.76. The number of rotatable bonds is 8. The van der Waals surface area contributed by atoms with Crippen LogP contribution in [0.15, 0.2) is 46.8 Å². The average molecular weight is 402 g/mol. The summed E-state index contributed by atoms with van der Waals surface area (Å²) in [6.45, 7) is 7.24. The first-order valence-electron chi connectivity index (χ1n) is 9.87. The van der Waals surface area contributed by atoms with Crippen LogP contribution in [0.1, 0.15) is 11.3 Å². The Morgan fingerprint density at radius 2 is 1.89 bits per heavy atom. The van der Waals surface area contributed by atoms with Crippen molar-refractivity contribution in [2.45, 2.75) is 13.0 Å². The highest BCUT2D eigenvalue weighted by molar-refractivity contribution is 7.09. The van der Waals surface area contributed by atoms with E-state index in [-0.39, 0.29) is 0 Å². The molecular weight excluding hydrogens is 370 g/mol. The molecule has 2 N–H and O–H groups in total. The molecule has 1 aliphatic heterocycles. The summed E-state index contributed by atoms with van der Waals surface area (Å²) in [4.78, 5) is 10.6. The van der Waals surface area contributed by atoms with Crippen LogP contribution >= 0.6 is 11.3 Å². The normalized spacial score (nSPS) is 15.5. The minimum atomic E-state index is 0.824. The minimum absolute atomic E-state index is 0.824. The van der Waals surface area contributed by atoms with E-state index in [0.29, 0.717) is 0 Å². The largest absolute Gasteiger partial charge is 0.497 e. The highest BCUT2D eigenvalue weighted by Gasteiger charge is 2.16. The smallest absolute Gasteiger partial charge is 0.191 e. The third-order valence-corrected chi connectivity index (χ3v) is 5.86. The highest BCUT2D eigenvalue weighted by Crippen LogP contribution is 2.20. The number of anilines is 1. The molecule has 0 amide bonds. The molecular formula is C21H31N5OS. The molecule has 152 valence electrons. The van der Waals surface area contributed by atoms with E-state index in [0.717, 1.165) is 63.9 Å². The fourth-order valence-corrected chi connectivity index (χ4v) is 3.98. The lowest BCUT2D eigenvalue weighted by atomic mass is 10.2. The Hall–Kier alpha value is -2.25. The highest BCUT2D eigenvalue weighted by atomic mass is 32.1. The Labute approximate surface area is 172 Å². The van der Waals surface area contributed by atoms with Crippen LogP contribution in [-0.2, 0) is 6.54 Å². The molecule has 2 aromatic rings. The number of nitrogens with zero attached hydrogens (tertiary/aromatic N) is 3. The summed E-state index contributed by atoms with van der Waals surface area (Å²) in [6, 6.07) is 12.6. The zero-order valence-electron chi connectivity index (χ0n) is 16.9. The Bertz CT molecular complexity index is 709. The van der Waals surface area contributed by atoms with Gasteiger partial charge in [0, 0.05) is 50.3 Å². The molecule has 1 fully saturated rings. The van der Waals surface area contributed by atoms with Gasteiger partial charge in [0.15, 0.2) is 5.96 Å². The summed E-state index contributed by atoms with van der Waals surface area (Å²) < 4.78 is 5.24. The molecule has 0 bridgehead atoms. The van der Waals surface area contributed by atoms with Crippen molar-refractivity contribution in [3.8, 4) is 5.75 Å². The molecule has 28 heavy (non-hydrogen) atoms. The summed E-state index contributed by atoms with van der Waals surface area (Å²) in [5, 5.41) is 8.87. The Morgan fingerprint density at radius 3 is 2.54 bits per heavy atom. The number of guanidine groups is 1. The Kier molecular flexibility index (Phi) is 7.99. The van der Waals surface area contributed by atoms with E-state index in [1.165, 1.54) is 10.6 Å². The Morgan fingerprint density at radius 1 is 1.11 bits per heavy atom. The molecule has 0 saturated carbocycles. The average Bonchev–Trinajstić information content (AvgIpc) is 3.27. The molecule has 0 radical (unpaired) electrons. The number of aliphatic imine (C=N–C) groups is 1. The standard InChI is InChI=1S/C21H31N5OS/c1-22-21(24-17-20-5-3-16-28-20)23-10-4-11-25-12-14-26(15-13-25)18-6-8-19(27-2)9-7-18/h3,5-9,16H,4,10-15,17H2,1-2H3,(H2,22,23,24). The zero-order valence-corrected chi connectivity index (χ0v) is 17.7. The van der Waals surface area contributed by atoms with E-state index in [2.05, 4.69) is 55.1 Å². The summed E-state index contributed by atoms with van der Waals surface area (Å²) in [5.41, 5.74) is 1.28. The van der Waals surface area contributed by atoms with E-state index in [4.69, 9.17) is 4.74 Å². The van der Waals surface area contributed by atoms with Gasteiger partial charge in [0.2, 0.25) is 0 Å². The van der Waals surface area contributed by atoms with Crippen molar-refractivity contribution in [2.75, 3.05) is 58.3 Å². The molecule has 0 unspecified atom stereocenters. The number of hydrogen-bond donors (Lipinski definition) is 2. The minimum Gasteiger partial charge on any atom is -0.497 e. The number of methoxy groups -OCH3 is 1. The monoisotopic (exact) mass is 401 g/mol. The van der Waals surface area contributed by atoms with Crippen molar-refractivity contribution in [2.24, 2.45) is 4.99 Å². The molecule has 1 aromatic carbocycles. The van der Waals surface area contributed by atoms with Crippen LogP contribution in [0.5, 0.6) is 5.75 Å². The summed E-state index contributed by atoms with van der Waals surface area (Å²) in [7, 11) is 3.53. The van der Waals surface area contributed by atoms with Crippen LogP contribution in [-0.4, -0.2) is 64.3 Å². The van der Waals surface area contributed by atoms with Gasteiger partial charge in [-0.1, -0.05) is 6.07 Å². The second-order valence-corrected chi connectivity index (χ2v) is 7.84.